The van der Waals surface area contributed by atoms with Gasteiger partial charge in [-0.1, -0.05) is 43.7 Å². The average molecular weight is 206 g/mol. The molecule has 2 heteroatoms. The first-order valence-electron chi connectivity index (χ1n) is 5.48. The number of benzene rings is 1. The maximum Gasteiger partial charge on any atom is 0.135 e. The first-order valence-corrected chi connectivity index (χ1v) is 5.48. The van der Waals surface area contributed by atoms with Crippen molar-refractivity contribution in [2.24, 2.45) is 0 Å². The quantitative estimate of drug-likeness (QED) is 0.777. The van der Waals surface area contributed by atoms with Crippen molar-refractivity contribution < 1.29 is 9.90 Å². The minimum Gasteiger partial charge on any atom is -0.388 e. The fraction of sp³-hybridized carbons (Fsp3) is 0.462. The van der Waals surface area contributed by atoms with E-state index in [0.717, 1.165) is 18.4 Å². The highest BCUT2D eigenvalue weighted by atomic mass is 16.3. The van der Waals surface area contributed by atoms with Crippen LogP contribution in [0.5, 0.6) is 0 Å². The van der Waals surface area contributed by atoms with E-state index >= 15 is 0 Å². The Morgan fingerprint density at radius 1 is 1.33 bits per heavy atom. The van der Waals surface area contributed by atoms with Gasteiger partial charge < -0.3 is 5.11 Å². The number of hydrogen-bond acceptors (Lipinski definition) is 2. The Bertz CT molecular complexity index is 293. The van der Waals surface area contributed by atoms with Gasteiger partial charge in [0.05, 0.1) is 6.10 Å². The van der Waals surface area contributed by atoms with Crippen molar-refractivity contribution in [2.45, 2.75) is 38.7 Å². The Labute approximate surface area is 90.9 Å². The molecule has 15 heavy (non-hydrogen) atoms. The molecule has 0 spiro atoms. The third kappa shape index (κ3) is 4.26. The molecule has 0 saturated carbocycles. The Balaban J connectivity index is 2.42. The molecule has 1 rings (SSSR count). The number of aliphatic hydroxyl groups excluding tert-OH is 1. The summed E-state index contributed by atoms with van der Waals surface area (Å²) in [4.78, 5) is 11.4. The Morgan fingerprint density at radius 3 is 2.60 bits per heavy atom. The predicted molar refractivity (Wildman–Crippen MR) is 60.6 cm³/mol. The van der Waals surface area contributed by atoms with Crippen molar-refractivity contribution in [3.05, 3.63) is 35.9 Å². The molecule has 0 aliphatic carbocycles. The van der Waals surface area contributed by atoms with Crippen molar-refractivity contribution in [3.8, 4) is 0 Å². The van der Waals surface area contributed by atoms with Crippen LogP contribution < -0.4 is 0 Å². The zero-order chi connectivity index (χ0) is 11.1. The van der Waals surface area contributed by atoms with Crippen LogP contribution in [-0.2, 0) is 4.79 Å². The van der Waals surface area contributed by atoms with Crippen molar-refractivity contribution >= 4 is 5.78 Å². The summed E-state index contributed by atoms with van der Waals surface area (Å²) >= 11 is 0. The van der Waals surface area contributed by atoms with Crippen LogP contribution in [0.2, 0.25) is 0 Å². The minimum atomic E-state index is -0.643. The molecule has 0 bridgehead atoms. The van der Waals surface area contributed by atoms with E-state index in [2.05, 4.69) is 6.92 Å². The summed E-state index contributed by atoms with van der Waals surface area (Å²) in [6.07, 6.45) is 2.12. The van der Waals surface area contributed by atoms with E-state index in [1.165, 1.54) is 0 Å². The Hall–Kier alpha value is -1.15. The molecule has 1 aromatic rings. The van der Waals surface area contributed by atoms with Gasteiger partial charge in [0.1, 0.15) is 5.78 Å². The van der Waals surface area contributed by atoms with Gasteiger partial charge in [0.15, 0.2) is 0 Å². The van der Waals surface area contributed by atoms with Gasteiger partial charge in [-0.3, -0.25) is 4.79 Å². The fourth-order valence-corrected chi connectivity index (χ4v) is 1.48. The van der Waals surface area contributed by atoms with Crippen molar-refractivity contribution in [2.75, 3.05) is 0 Å². The minimum absolute atomic E-state index is 0.146. The largest absolute Gasteiger partial charge is 0.388 e. The van der Waals surface area contributed by atoms with Gasteiger partial charge in [-0.25, -0.2) is 0 Å². The molecule has 0 heterocycles. The van der Waals surface area contributed by atoms with Gasteiger partial charge in [0.25, 0.3) is 0 Å². The first kappa shape index (κ1) is 11.9. The number of carbonyl (C=O) groups is 1. The number of aliphatic hydroxyl groups is 1. The lowest BCUT2D eigenvalue weighted by molar-refractivity contribution is -0.121. The second kappa shape index (κ2) is 6.36. The molecule has 1 N–H and O–H groups in total. The molecule has 2 nitrogen and oxygen atoms in total. The molecule has 0 fully saturated rings. The number of rotatable bonds is 6. The van der Waals surface area contributed by atoms with E-state index in [1.807, 2.05) is 30.3 Å². The lowest BCUT2D eigenvalue weighted by atomic mass is 10.0. The van der Waals surface area contributed by atoms with E-state index in [4.69, 9.17) is 0 Å². The zero-order valence-electron chi connectivity index (χ0n) is 9.15. The van der Waals surface area contributed by atoms with Crippen LogP contribution in [-0.4, -0.2) is 10.9 Å². The summed E-state index contributed by atoms with van der Waals surface area (Å²) in [6, 6.07) is 9.33. The number of carbonyl (C=O) groups excluding carboxylic acids is 1. The molecule has 0 unspecified atom stereocenters. The van der Waals surface area contributed by atoms with E-state index in [-0.39, 0.29) is 12.2 Å². The Morgan fingerprint density at radius 2 is 2.00 bits per heavy atom. The zero-order valence-corrected chi connectivity index (χ0v) is 9.15. The van der Waals surface area contributed by atoms with E-state index < -0.39 is 6.10 Å². The Kier molecular flexibility index (Phi) is 5.05. The van der Waals surface area contributed by atoms with Crippen LogP contribution >= 0.6 is 0 Å². The molecule has 1 atom stereocenters. The molecule has 0 amide bonds. The van der Waals surface area contributed by atoms with Gasteiger partial charge in [-0.05, 0) is 12.0 Å². The molecular weight excluding hydrogens is 188 g/mol. The van der Waals surface area contributed by atoms with E-state index in [1.54, 1.807) is 0 Å². The normalized spacial score (nSPS) is 12.4. The highest BCUT2D eigenvalue weighted by Crippen LogP contribution is 2.17. The third-order valence-electron chi connectivity index (χ3n) is 2.41. The standard InChI is InChI=1S/C13H18O2/c1-2-3-9-12(14)10-13(15)11-7-5-4-6-8-11/h4-8,13,15H,2-3,9-10H2,1H3/t13-/m0/s1. The lowest BCUT2D eigenvalue weighted by Crippen LogP contribution is -2.06. The summed E-state index contributed by atoms with van der Waals surface area (Å²) in [7, 11) is 0. The van der Waals surface area contributed by atoms with Crippen molar-refractivity contribution in [1.82, 2.24) is 0 Å². The number of Topliss-reactive ketones (excluding diaryl/α,β-unsaturated/α-hetero) is 1. The molecular formula is C13H18O2. The number of ketones is 1. The molecule has 0 aliphatic heterocycles. The smallest absolute Gasteiger partial charge is 0.135 e. The summed E-state index contributed by atoms with van der Waals surface area (Å²) in [5.74, 6) is 0.146. The van der Waals surface area contributed by atoms with Crippen LogP contribution in [0.25, 0.3) is 0 Å². The molecule has 0 saturated heterocycles. The van der Waals surface area contributed by atoms with Crippen LogP contribution in [0.15, 0.2) is 30.3 Å². The summed E-state index contributed by atoms with van der Waals surface area (Å²) in [6.45, 7) is 2.06. The molecule has 0 radical (unpaired) electrons. The molecule has 0 aliphatic rings. The molecule has 1 aromatic carbocycles. The monoisotopic (exact) mass is 206 g/mol. The topological polar surface area (TPSA) is 37.3 Å². The summed E-state index contributed by atoms with van der Waals surface area (Å²) in [5.41, 5.74) is 0.822. The molecule has 82 valence electrons. The first-order chi connectivity index (χ1) is 7.24. The van der Waals surface area contributed by atoms with Gasteiger partial charge in [0.2, 0.25) is 0 Å². The van der Waals surface area contributed by atoms with E-state index in [0.29, 0.717) is 6.42 Å². The predicted octanol–water partition coefficient (Wildman–Crippen LogP) is 2.87. The summed E-state index contributed by atoms with van der Waals surface area (Å²) < 4.78 is 0. The second-order valence-electron chi connectivity index (χ2n) is 3.77. The second-order valence-corrected chi connectivity index (χ2v) is 3.77. The lowest BCUT2D eigenvalue weighted by Gasteiger charge is -2.09. The highest BCUT2D eigenvalue weighted by molar-refractivity contribution is 5.78. The highest BCUT2D eigenvalue weighted by Gasteiger charge is 2.11. The van der Waals surface area contributed by atoms with E-state index in [9.17, 15) is 9.90 Å². The third-order valence-corrected chi connectivity index (χ3v) is 2.41. The maximum absolute atomic E-state index is 11.4. The number of unbranched alkanes of at least 4 members (excludes halogenated alkanes) is 1. The van der Waals surface area contributed by atoms with Crippen LogP contribution in [0.1, 0.15) is 44.3 Å². The van der Waals surface area contributed by atoms with Gasteiger partial charge in [-0.15, -0.1) is 0 Å². The summed E-state index contributed by atoms with van der Waals surface area (Å²) in [5, 5.41) is 9.77. The van der Waals surface area contributed by atoms with Crippen molar-refractivity contribution in [3.63, 3.8) is 0 Å². The van der Waals surface area contributed by atoms with Crippen LogP contribution in [0, 0.1) is 0 Å². The average Bonchev–Trinajstić information content (AvgIpc) is 2.27. The van der Waals surface area contributed by atoms with Gasteiger partial charge in [-0.2, -0.15) is 0 Å². The van der Waals surface area contributed by atoms with Crippen LogP contribution in [0.4, 0.5) is 0 Å². The van der Waals surface area contributed by atoms with Crippen LogP contribution in [0.3, 0.4) is 0 Å². The van der Waals surface area contributed by atoms with Gasteiger partial charge in [0, 0.05) is 12.8 Å². The van der Waals surface area contributed by atoms with Crippen molar-refractivity contribution in [1.29, 1.82) is 0 Å². The maximum atomic E-state index is 11.4. The number of hydrogen-bond donors (Lipinski definition) is 1. The molecule has 0 aromatic heterocycles. The SMILES string of the molecule is CCCCC(=O)C[C@H](O)c1ccccc1. The van der Waals surface area contributed by atoms with Gasteiger partial charge >= 0.3 is 0 Å². The fourth-order valence-electron chi connectivity index (χ4n) is 1.48.